The van der Waals surface area contributed by atoms with E-state index in [0.29, 0.717) is 6.04 Å². The lowest BCUT2D eigenvalue weighted by molar-refractivity contribution is 0.609. The van der Waals surface area contributed by atoms with Crippen LogP contribution in [-0.4, -0.2) is 16.0 Å². The van der Waals surface area contributed by atoms with Gasteiger partial charge in [-0.3, -0.25) is 4.98 Å². The van der Waals surface area contributed by atoms with E-state index in [1.807, 2.05) is 12.4 Å². The molecule has 1 aliphatic rings. The van der Waals surface area contributed by atoms with E-state index in [1.54, 1.807) is 0 Å². The predicted octanol–water partition coefficient (Wildman–Crippen LogP) is 3.59. The van der Waals surface area contributed by atoms with Crippen molar-refractivity contribution in [3.8, 4) is 11.3 Å². The van der Waals surface area contributed by atoms with Crippen LogP contribution in [0.1, 0.15) is 30.9 Å². The van der Waals surface area contributed by atoms with Crippen LogP contribution in [0.2, 0.25) is 0 Å². The highest BCUT2D eigenvalue weighted by atomic mass is 15.0. The second kappa shape index (κ2) is 5.00. The Hall–Kier alpha value is -1.90. The molecule has 0 saturated heterocycles. The van der Waals surface area contributed by atoms with Gasteiger partial charge in [-0.05, 0) is 43.9 Å². The summed E-state index contributed by atoms with van der Waals surface area (Å²) in [7, 11) is 0. The van der Waals surface area contributed by atoms with Gasteiger partial charge in [-0.25, -0.2) is 4.98 Å². The highest BCUT2D eigenvalue weighted by Gasteiger charge is 2.20. The van der Waals surface area contributed by atoms with E-state index in [9.17, 15) is 0 Å². The Morgan fingerprint density at radius 2 is 2.16 bits per heavy atom. The number of aromatic nitrogens is 2. The van der Waals surface area contributed by atoms with E-state index in [0.717, 1.165) is 24.4 Å². The fraction of sp³-hybridized carbons (Fsp3) is 0.375. The van der Waals surface area contributed by atoms with E-state index < -0.39 is 0 Å². The van der Waals surface area contributed by atoms with Gasteiger partial charge in [0.15, 0.2) is 0 Å². The van der Waals surface area contributed by atoms with Gasteiger partial charge in [0, 0.05) is 29.6 Å². The normalized spacial score (nSPS) is 17.7. The maximum absolute atomic E-state index is 4.54. The molecular formula is C16H19N3. The molecule has 98 valence electrons. The van der Waals surface area contributed by atoms with E-state index in [1.165, 1.54) is 23.1 Å². The summed E-state index contributed by atoms with van der Waals surface area (Å²) in [5, 5.41) is 3.53. The lowest BCUT2D eigenvalue weighted by Gasteiger charge is -2.26. The minimum Gasteiger partial charge on any atom is -0.367 e. The number of rotatable bonds is 2. The standard InChI is InChI=1S/C16H19N3/c1-3-12-5-6-14-13(8-9-17-16(14)19-12)15-7-4-11(2)10-18-15/h4,7-10,12H,3,5-6H2,1-2H3,(H,17,19)/t12-/m0/s1. The van der Waals surface area contributed by atoms with Crippen LogP contribution < -0.4 is 5.32 Å². The lowest BCUT2D eigenvalue weighted by atomic mass is 9.94. The summed E-state index contributed by atoms with van der Waals surface area (Å²) < 4.78 is 0. The number of nitrogens with zero attached hydrogens (tertiary/aromatic N) is 2. The molecule has 3 heteroatoms. The molecule has 1 aliphatic heterocycles. The van der Waals surface area contributed by atoms with Crippen LogP contribution >= 0.6 is 0 Å². The quantitative estimate of drug-likeness (QED) is 0.888. The van der Waals surface area contributed by atoms with Crippen LogP contribution in [0.4, 0.5) is 5.82 Å². The molecular weight excluding hydrogens is 234 g/mol. The second-order valence-corrected chi connectivity index (χ2v) is 5.19. The molecule has 1 atom stereocenters. The maximum atomic E-state index is 4.54. The van der Waals surface area contributed by atoms with Crippen LogP contribution in [-0.2, 0) is 6.42 Å². The average molecular weight is 253 g/mol. The Bertz CT molecular complexity index is 575. The Morgan fingerprint density at radius 3 is 2.89 bits per heavy atom. The zero-order valence-corrected chi connectivity index (χ0v) is 11.5. The third-order valence-corrected chi connectivity index (χ3v) is 3.82. The summed E-state index contributed by atoms with van der Waals surface area (Å²) in [6, 6.07) is 6.84. The van der Waals surface area contributed by atoms with E-state index in [4.69, 9.17) is 0 Å². The van der Waals surface area contributed by atoms with Crippen LogP contribution in [0.15, 0.2) is 30.6 Å². The van der Waals surface area contributed by atoms with Crippen LogP contribution in [0.25, 0.3) is 11.3 Å². The molecule has 0 spiro atoms. The Kier molecular flexibility index (Phi) is 3.20. The third kappa shape index (κ3) is 2.33. The van der Waals surface area contributed by atoms with Crippen molar-refractivity contribution in [2.45, 2.75) is 39.2 Å². The second-order valence-electron chi connectivity index (χ2n) is 5.19. The molecule has 2 aromatic rings. The monoisotopic (exact) mass is 253 g/mol. The minimum atomic E-state index is 0.557. The number of anilines is 1. The molecule has 3 rings (SSSR count). The van der Waals surface area contributed by atoms with Crippen molar-refractivity contribution in [2.75, 3.05) is 5.32 Å². The lowest BCUT2D eigenvalue weighted by Crippen LogP contribution is -2.25. The molecule has 0 fully saturated rings. The minimum absolute atomic E-state index is 0.557. The molecule has 3 heterocycles. The van der Waals surface area contributed by atoms with E-state index >= 15 is 0 Å². The summed E-state index contributed by atoms with van der Waals surface area (Å²) in [6.45, 7) is 4.28. The molecule has 0 amide bonds. The maximum Gasteiger partial charge on any atom is 0.130 e. The molecule has 0 saturated carbocycles. The number of aryl methyl sites for hydroxylation is 1. The van der Waals surface area contributed by atoms with Crippen molar-refractivity contribution >= 4 is 5.82 Å². The SMILES string of the molecule is CC[C@H]1CCc2c(-c3ccc(C)cn3)ccnc2N1. The zero-order chi connectivity index (χ0) is 13.2. The average Bonchev–Trinajstić information content (AvgIpc) is 2.47. The van der Waals surface area contributed by atoms with Crippen LogP contribution in [0, 0.1) is 6.92 Å². The predicted molar refractivity (Wildman–Crippen MR) is 78.2 cm³/mol. The Labute approximate surface area is 114 Å². The largest absolute Gasteiger partial charge is 0.367 e. The molecule has 1 N–H and O–H groups in total. The molecule has 0 aromatic carbocycles. The third-order valence-electron chi connectivity index (χ3n) is 3.82. The number of pyridine rings is 2. The first-order chi connectivity index (χ1) is 9.28. The fourth-order valence-electron chi connectivity index (χ4n) is 2.63. The van der Waals surface area contributed by atoms with Gasteiger partial charge in [-0.1, -0.05) is 13.0 Å². The van der Waals surface area contributed by atoms with Gasteiger partial charge in [0.2, 0.25) is 0 Å². The molecule has 2 aromatic heterocycles. The first-order valence-electron chi connectivity index (χ1n) is 6.95. The molecule has 0 unspecified atom stereocenters. The summed E-state index contributed by atoms with van der Waals surface area (Å²) in [6.07, 6.45) is 7.20. The number of nitrogens with one attached hydrogen (secondary N) is 1. The smallest absolute Gasteiger partial charge is 0.130 e. The van der Waals surface area contributed by atoms with Gasteiger partial charge in [0.25, 0.3) is 0 Å². The van der Waals surface area contributed by atoms with E-state index in [2.05, 4.69) is 47.3 Å². The van der Waals surface area contributed by atoms with E-state index in [-0.39, 0.29) is 0 Å². The summed E-state index contributed by atoms with van der Waals surface area (Å²) in [5.74, 6) is 1.04. The highest BCUT2D eigenvalue weighted by molar-refractivity contribution is 5.70. The Balaban J connectivity index is 2.02. The zero-order valence-electron chi connectivity index (χ0n) is 11.5. The first kappa shape index (κ1) is 12.2. The van der Waals surface area contributed by atoms with Gasteiger partial charge >= 0.3 is 0 Å². The fourth-order valence-corrected chi connectivity index (χ4v) is 2.63. The molecule has 0 aliphatic carbocycles. The van der Waals surface area contributed by atoms with Gasteiger partial charge in [0.1, 0.15) is 5.82 Å². The number of fused-ring (bicyclic) bond motifs is 1. The summed E-state index contributed by atoms with van der Waals surface area (Å²) in [4.78, 5) is 9.02. The van der Waals surface area contributed by atoms with Crippen molar-refractivity contribution < 1.29 is 0 Å². The molecule has 0 radical (unpaired) electrons. The molecule has 0 bridgehead atoms. The summed E-state index contributed by atoms with van der Waals surface area (Å²) in [5.41, 5.74) is 4.76. The van der Waals surface area contributed by atoms with Gasteiger partial charge in [0.05, 0.1) is 5.69 Å². The Morgan fingerprint density at radius 1 is 1.26 bits per heavy atom. The highest BCUT2D eigenvalue weighted by Crippen LogP contribution is 2.32. The molecule has 3 nitrogen and oxygen atoms in total. The summed E-state index contributed by atoms with van der Waals surface area (Å²) >= 11 is 0. The topological polar surface area (TPSA) is 37.8 Å². The van der Waals surface area contributed by atoms with Gasteiger partial charge in [-0.2, -0.15) is 0 Å². The number of hydrogen-bond donors (Lipinski definition) is 1. The van der Waals surface area contributed by atoms with Gasteiger partial charge < -0.3 is 5.32 Å². The van der Waals surface area contributed by atoms with Crippen LogP contribution in [0.5, 0.6) is 0 Å². The van der Waals surface area contributed by atoms with Crippen molar-refractivity contribution in [2.24, 2.45) is 0 Å². The van der Waals surface area contributed by atoms with Crippen molar-refractivity contribution in [3.63, 3.8) is 0 Å². The van der Waals surface area contributed by atoms with Crippen molar-refractivity contribution in [1.82, 2.24) is 9.97 Å². The first-order valence-corrected chi connectivity index (χ1v) is 6.95. The van der Waals surface area contributed by atoms with Gasteiger partial charge in [-0.15, -0.1) is 0 Å². The van der Waals surface area contributed by atoms with Crippen LogP contribution in [0.3, 0.4) is 0 Å². The molecule has 19 heavy (non-hydrogen) atoms. The van der Waals surface area contributed by atoms with Crippen molar-refractivity contribution in [3.05, 3.63) is 41.7 Å². The number of hydrogen-bond acceptors (Lipinski definition) is 3. The van der Waals surface area contributed by atoms with Crippen molar-refractivity contribution in [1.29, 1.82) is 0 Å².